The van der Waals surface area contributed by atoms with Gasteiger partial charge in [0.05, 0.1) is 18.3 Å². The van der Waals surface area contributed by atoms with Crippen molar-refractivity contribution in [3.8, 4) is 11.5 Å². The van der Waals surface area contributed by atoms with E-state index in [-0.39, 0.29) is 0 Å². The van der Waals surface area contributed by atoms with E-state index < -0.39 is 11.7 Å². The minimum absolute atomic E-state index is 0.392. The molecule has 0 spiro atoms. The number of carbonyl (C=O) groups excluding carboxylic acids is 2. The van der Waals surface area contributed by atoms with E-state index in [0.29, 0.717) is 48.6 Å². The van der Waals surface area contributed by atoms with Crippen LogP contribution in [0.15, 0.2) is 36.4 Å². The lowest BCUT2D eigenvalue weighted by molar-refractivity contribution is -0.892. The first kappa shape index (κ1) is 18.5. The van der Waals surface area contributed by atoms with Crippen LogP contribution >= 0.6 is 0 Å². The van der Waals surface area contributed by atoms with Gasteiger partial charge in [-0.1, -0.05) is 38.1 Å². The molecule has 1 amide bonds. The van der Waals surface area contributed by atoms with Gasteiger partial charge in [0.15, 0.2) is 18.2 Å². The smallest absolute Gasteiger partial charge is 0.303 e. The minimum Gasteiger partial charge on any atom is -0.486 e. The molecule has 2 aliphatic heterocycles. The van der Waals surface area contributed by atoms with Crippen molar-refractivity contribution in [3.63, 3.8) is 0 Å². The molecule has 28 heavy (non-hydrogen) atoms. The molecule has 1 atom stereocenters. The van der Waals surface area contributed by atoms with Gasteiger partial charge in [0.25, 0.3) is 5.78 Å². The zero-order valence-electron chi connectivity index (χ0n) is 16.5. The third kappa shape index (κ3) is 3.36. The molecule has 0 saturated heterocycles. The van der Waals surface area contributed by atoms with Crippen LogP contribution in [0.5, 0.6) is 11.5 Å². The quantitative estimate of drug-likeness (QED) is 0.803. The zero-order chi connectivity index (χ0) is 19.8. The third-order valence-corrected chi connectivity index (χ3v) is 5.22. The topological polar surface area (TPSA) is 60.3 Å². The van der Waals surface area contributed by atoms with Gasteiger partial charge < -0.3 is 14.4 Å². The highest BCUT2D eigenvalue weighted by molar-refractivity contribution is 6.52. The summed E-state index contributed by atoms with van der Waals surface area (Å²) >= 11 is 0. The van der Waals surface area contributed by atoms with Crippen LogP contribution < -0.4 is 19.3 Å². The molecule has 2 aliphatic rings. The fourth-order valence-corrected chi connectivity index (χ4v) is 3.68. The Morgan fingerprint density at radius 2 is 1.68 bits per heavy atom. The number of ketones is 1. The monoisotopic (exact) mass is 381 g/mol. The largest absolute Gasteiger partial charge is 0.486 e. The van der Waals surface area contributed by atoms with E-state index in [1.54, 1.807) is 17.0 Å². The second-order valence-electron chi connectivity index (χ2n) is 7.76. The molecule has 2 heterocycles. The third-order valence-electron chi connectivity index (χ3n) is 5.22. The summed E-state index contributed by atoms with van der Waals surface area (Å²) in [5, 5.41) is 0. The van der Waals surface area contributed by atoms with E-state index in [0.717, 1.165) is 11.4 Å². The Morgan fingerprint density at radius 1 is 1.04 bits per heavy atom. The molecule has 1 N–H and O–H groups in total. The molecule has 1 unspecified atom stereocenters. The number of nitrogens with one attached hydrogen (secondary N) is 1. The van der Waals surface area contributed by atoms with Gasteiger partial charge in [0.1, 0.15) is 19.8 Å². The number of fused-ring (bicyclic) bond motifs is 2. The van der Waals surface area contributed by atoms with Crippen molar-refractivity contribution in [1.82, 2.24) is 0 Å². The summed E-state index contributed by atoms with van der Waals surface area (Å²) in [5.74, 6) is 0.632. The summed E-state index contributed by atoms with van der Waals surface area (Å²) in [4.78, 5) is 27.7. The van der Waals surface area contributed by atoms with Crippen LogP contribution in [0, 0.1) is 0 Å². The van der Waals surface area contributed by atoms with Crippen LogP contribution in [0.4, 0.5) is 5.69 Å². The van der Waals surface area contributed by atoms with Crippen LogP contribution in [0.2, 0.25) is 0 Å². The Kier molecular flexibility index (Phi) is 4.81. The number of anilines is 1. The molecule has 0 aromatic heterocycles. The van der Waals surface area contributed by atoms with E-state index in [1.807, 2.05) is 7.05 Å². The molecule has 0 fully saturated rings. The number of amides is 1. The molecule has 2 aromatic carbocycles. The van der Waals surface area contributed by atoms with Gasteiger partial charge >= 0.3 is 5.91 Å². The first-order valence-corrected chi connectivity index (χ1v) is 9.64. The summed E-state index contributed by atoms with van der Waals surface area (Å²) < 4.78 is 11.2. The maximum atomic E-state index is 12.6. The summed E-state index contributed by atoms with van der Waals surface area (Å²) in [6, 6.07) is 11.9. The van der Waals surface area contributed by atoms with E-state index in [1.165, 1.54) is 11.1 Å². The van der Waals surface area contributed by atoms with Gasteiger partial charge in [-0.3, -0.25) is 14.5 Å². The Hall–Kier alpha value is -2.86. The molecule has 0 bridgehead atoms. The normalized spacial score (nSPS) is 16.5. The highest BCUT2D eigenvalue weighted by Crippen LogP contribution is 2.40. The van der Waals surface area contributed by atoms with Crippen molar-refractivity contribution in [3.05, 3.63) is 53.1 Å². The molecule has 0 aliphatic carbocycles. The Morgan fingerprint density at radius 3 is 2.32 bits per heavy atom. The standard InChI is InChI=1S/C22H24N2O4/c1-14(2)16-6-4-15(5-7-16)12-23(3)13-24-18-11-20-19(27-8-9-28-20)10-17(18)21(25)22(24)26/h4-7,10-11,14H,8-9,12-13H2,1-3H3/p+1. The number of hydrogen-bond acceptors (Lipinski definition) is 4. The molecule has 6 heteroatoms. The van der Waals surface area contributed by atoms with E-state index in [9.17, 15) is 9.59 Å². The number of nitrogens with zero attached hydrogens (tertiary/aromatic N) is 1. The highest BCUT2D eigenvalue weighted by atomic mass is 16.6. The van der Waals surface area contributed by atoms with E-state index in [2.05, 4.69) is 38.1 Å². The number of quaternary nitrogens is 1. The number of hydrogen-bond donors (Lipinski definition) is 1. The molecular weight excluding hydrogens is 356 g/mol. The van der Waals surface area contributed by atoms with Crippen molar-refractivity contribution in [2.75, 3.05) is 31.8 Å². The van der Waals surface area contributed by atoms with Crippen LogP contribution in [-0.4, -0.2) is 38.6 Å². The second-order valence-corrected chi connectivity index (χ2v) is 7.76. The number of ether oxygens (including phenoxy) is 2. The van der Waals surface area contributed by atoms with Crippen molar-refractivity contribution in [2.45, 2.75) is 26.3 Å². The molecule has 146 valence electrons. The average Bonchev–Trinajstić information content (AvgIpc) is 2.91. The summed E-state index contributed by atoms with van der Waals surface area (Å²) in [5.41, 5.74) is 3.50. The van der Waals surface area contributed by atoms with Crippen molar-refractivity contribution < 1.29 is 24.0 Å². The van der Waals surface area contributed by atoms with Crippen LogP contribution in [0.3, 0.4) is 0 Å². The van der Waals surface area contributed by atoms with Crippen molar-refractivity contribution >= 4 is 17.4 Å². The van der Waals surface area contributed by atoms with Crippen molar-refractivity contribution in [2.24, 2.45) is 0 Å². The lowest BCUT2D eigenvalue weighted by Crippen LogP contribution is -3.09. The Bertz CT molecular complexity index is 921. The second kappa shape index (κ2) is 7.28. The minimum atomic E-state index is -0.494. The SMILES string of the molecule is CC(C)c1ccc(C[NH+](C)CN2C(=O)C(=O)c3cc4c(cc32)OCCO4)cc1. The maximum absolute atomic E-state index is 12.6. The van der Waals surface area contributed by atoms with Gasteiger partial charge in [0, 0.05) is 11.6 Å². The van der Waals surface area contributed by atoms with Crippen molar-refractivity contribution in [1.29, 1.82) is 0 Å². The highest BCUT2D eigenvalue weighted by Gasteiger charge is 2.39. The molecule has 4 rings (SSSR count). The van der Waals surface area contributed by atoms with Gasteiger partial charge in [-0.05, 0) is 17.5 Å². The van der Waals surface area contributed by atoms with Gasteiger partial charge in [0.2, 0.25) is 0 Å². The Labute approximate surface area is 164 Å². The first-order valence-electron chi connectivity index (χ1n) is 9.64. The number of Topliss-reactive ketones (excluding diaryl/α,β-unsaturated/α-hetero) is 1. The zero-order valence-corrected chi connectivity index (χ0v) is 16.5. The average molecular weight is 381 g/mol. The summed E-state index contributed by atoms with van der Waals surface area (Å²) in [7, 11) is 2.02. The number of carbonyl (C=O) groups is 2. The van der Waals surface area contributed by atoms with Gasteiger partial charge in [-0.2, -0.15) is 0 Å². The van der Waals surface area contributed by atoms with Crippen LogP contribution in [0.25, 0.3) is 0 Å². The first-order chi connectivity index (χ1) is 13.4. The molecular formula is C22H25N2O4+. The van der Waals surface area contributed by atoms with E-state index >= 15 is 0 Å². The molecule has 0 radical (unpaired) electrons. The lowest BCUT2D eigenvalue weighted by Gasteiger charge is -2.23. The fraction of sp³-hybridized carbons (Fsp3) is 0.364. The molecule has 6 nitrogen and oxygen atoms in total. The fourth-order valence-electron chi connectivity index (χ4n) is 3.68. The van der Waals surface area contributed by atoms with Crippen LogP contribution in [-0.2, 0) is 11.3 Å². The van der Waals surface area contributed by atoms with Gasteiger partial charge in [-0.15, -0.1) is 0 Å². The number of benzene rings is 2. The van der Waals surface area contributed by atoms with E-state index in [4.69, 9.17) is 9.47 Å². The maximum Gasteiger partial charge on any atom is 0.303 e. The molecule has 2 aromatic rings. The summed E-state index contributed by atoms with van der Waals surface area (Å²) in [6.07, 6.45) is 0. The lowest BCUT2D eigenvalue weighted by atomic mass is 10.0. The Balaban J connectivity index is 1.52. The summed E-state index contributed by atoms with van der Waals surface area (Å²) in [6.45, 7) is 6.42. The predicted molar refractivity (Wildman–Crippen MR) is 105 cm³/mol. The number of rotatable bonds is 5. The van der Waals surface area contributed by atoms with Gasteiger partial charge in [-0.25, -0.2) is 0 Å². The molecule has 0 saturated carbocycles. The predicted octanol–water partition coefficient (Wildman–Crippen LogP) is 1.78. The van der Waals surface area contributed by atoms with Crippen LogP contribution in [0.1, 0.15) is 41.3 Å².